The van der Waals surface area contributed by atoms with Crippen LogP contribution < -0.4 is 5.32 Å². The van der Waals surface area contributed by atoms with E-state index in [1.165, 1.54) is 0 Å². The summed E-state index contributed by atoms with van der Waals surface area (Å²) in [5.41, 5.74) is 0. The number of likely N-dealkylation sites (N-methyl/N-ethyl adjacent to an activating group) is 1. The Kier molecular flexibility index (Phi) is 5.98. The molecule has 2 N–H and O–H groups in total. The summed E-state index contributed by atoms with van der Waals surface area (Å²) in [7, 11) is 1.55. The van der Waals surface area contributed by atoms with Crippen LogP contribution >= 0.6 is 0 Å². The average Bonchev–Trinajstić information content (AvgIpc) is 2.04. The molecule has 0 aromatic carbocycles. The van der Waals surface area contributed by atoms with Gasteiger partial charge in [0.15, 0.2) is 0 Å². The number of aliphatic hydroxyl groups excluding tert-OH is 1. The van der Waals surface area contributed by atoms with E-state index < -0.39 is 31.7 Å². The molecule has 0 bridgehead atoms. The molecule has 0 aliphatic heterocycles. The molecule has 86 valence electrons. The van der Waals surface area contributed by atoms with Crippen LogP contribution in [0.25, 0.3) is 0 Å². The van der Waals surface area contributed by atoms with E-state index in [-0.39, 0.29) is 6.54 Å². The standard InChI is InChI=1S/C7H13F4NO2/c1-12-2-5(13)3-14-4-7(10,11)6(8)9/h5-6,12-13H,2-4H2,1H3. The molecule has 0 fully saturated rings. The predicted molar refractivity (Wildman–Crippen MR) is 41.7 cm³/mol. The molecule has 0 radical (unpaired) electrons. The summed E-state index contributed by atoms with van der Waals surface area (Å²) in [5, 5.41) is 11.5. The fourth-order valence-electron chi connectivity index (χ4n) is 0.689. The molecule has 0 saturated carbocycles. The Labute approximate surface area is 79.0 Å². The summed E-state index contributed by atoms with van der Waals surface area (Å²) < 4.78 is 51.8. The Bertz CT molecular complexity index is 157. The van der Waals surface area contributed by atoms with E-state index in [9.17, 15) is 17.6 Å². The molecule has 0 saturated heterocycles. The number of hydrogen-bond donors (Lipinski definition) is 2. The van der Waals surface area contributed by atoms with Crippen molar-refractivity contribution in [2.24, 2.45) is 0 Å². The highest BCUT2D eigenvalue weighted by Crippen LogP contribution is 2.22. The molecule has 0 aliphatic carbocycles. The first-order valence-electron chi connectivity index (χ1n) is 3.96. The largest absolute Gasteiger partial charge is 0.389 e. The number of nitrogens with one attached hydrogen (secondary N) is 1. The van der Waals surface area contributed by atoms with Crippen LogP contribution in [-0.2, 0) is 4.74 Å². The first kappa shape index (κ1) is 13.6. The Morgan fingerprint density at radius 2 is 2.00 bits per heavy atom. The molecule has 1 unspecified atom stereocenters. The van der Waals surface area contributed by atoms with Crippen molar-refractivity contribution in [1.29, 1.82) is 0 Å². The Morgan fingerprint density at radius 3 is 2.43 bits per heavy atom. The lowest BCUT2D eigenvalue weighted by molar-refractivity contribution is -0.170. The first-order chi connectivity index (χ1) is 6.40. The number of ether oxygens (including phenoxy) is 1. The van der Waals surface area contributed by atoms with Crippen molar-refractivity contribution in [3.63, 3.8) is 0 Å². The number of alkyl halides is 4. The van der Waals surface area contributed by atoms with Crippen LogP contribution in [0.1, 0.15) is 0 Å². The fourth-order valence-corrected chi connectivity index (χ4v) is 0.689. The molecule has 7 heteroatoms. The van der Waals surface area contributed by atoms with E-state index in [1.807, 2.05) is 0 Å². The van der Waals surface area contributed by atoms with Gasteiger partial charge < -0.3 is 15.2 Å². The second-order valence-corrected chi connectivity index (χ2v) is 2.79. The second kappa shape index (κ2) is 6.15. The molecule has 0 rings (SSSR count). The Morgan fingerprint density at radius 1 is 1.43 bits per heavy atom. The summed E-state index contributed by atoms with van der Waals surface area (Å²) >= 11 is 0. The van der Waals surface area contributed by atoms with Gasteiger partial charge in [0.1, 0.15) is 6.61 Å². The van der Waals surface area contributed by atoms with Gasteiger partial charge in [-0.15, -0.1) is 0 Å². The summed E-state index contributed by atoms with van der Waals surface area (Å²) in [6.45, 7) is -1.63. The van der Waals surface area contributed by atoms with Crippen LogP contribution in [0.3, 0.4) is 0 Å². The van der Waals surface area contributed by atoms with E-state index in [1.54, 1.807) is 7.05 Å². The van der Waals surface area contributed by atoms with Gasteiger partial charge in [-0.25, -0.2) is 8.78 Å². The normalized spacial score (nSPS) is 14.8. The minimum Gasteiger partial charge on any atom is -0.389 e. The molecular formula is C7H13F4NO2. The van der Waals surface area contributed by atoms with Crippen LogP contribution in [0.2, 0.25) is 0 Å². The second-order valence-electron chi connectivity index (χ2n) is 2.79. The molecule has 0 aromatic heterocycles. The monoisotopic (exact) mass is 219 g/mol. The summed E-state index contributed by atoms with van der Waals surface area (Å²) in [5.74, 6) is -4.15. The van der Waals surface area contributed by atoms with Crippen molar-refractivity contribution < 1.29 is 27.4 Å². The zero-order chi connectivity index (χ0) is 11.2. The van der Waals surface area contributed by atoms with E-state index in [0.29, 0.717) is 0 Å². The van der Waals surface area contributed by atoms with E-state index >= 15 is 0 Å². The molecule has 0 heterocycles. The van der Waals surface area contributed by atoms with Gasteiger partial charge in [0.2, 0.25) is 0 Å². The lowest BCUT2D eigenvalue weighted by Gasteiger charge is -2.16. The number of hydrogen-bond acceptors (Lipinski definition) is 3. The minimum atomic E-state index is -4.15. The van der Waals surface area contributed by atoms with Crippen molar-refractivity contribution in [3.8, 4) is 0 Å². The third-order valence-corrected chi connectivity index (χ3v) is 1.36. The summed E-state index contributed by atoms with van der Waals surface area (Å²) in [6.07, 6.45) is -4.72. The van der Waals surface area contributed by atoms with Gasteiger partial charge in [0.25, 0.3) is 0 Å². The number of rotatable bonds is 7. The maximum absolute atomic E-state index is 12.2. The molecule has 14 heavy (non-hydrogen) atoms. The molecule has 0 amide bonds. The molecule has 0 spiro atoms. The first-order valence-corrected chi connectivity index (χ1v) is 3.96. The van der Waals surface area contributed by atoms with Crippen molar-refractivity contribution in [2.75, 3.05) is 26.8 Å². The smallest absolute Gasteiger partial charge is 0.330 e. The van der Waals surface area contributed by atoms with Gasteiger partial charge in [-0.3, -0.25) is 0 Å². The third kappa shape index (κ3) is 5.36. The fraction of sp³-hybridized carbons (Fsp3) is 1.00. The molecule has 0 aromatic rings. The van der Waals surface area contributed by atoms with E-state index in [0.717, 1.165) is 0 Å². The highest BCUT2D eigenvalue weighted by molar-refractivity contribution is 4.68. The van der Waals surface area contributed by atoms with Gasteiger partial charge >= 0.3 is 12.3 Å². The highest BCUT2D eigenvalue weighted by atomic mass is 19.3. The van der Waals surface area contributed by atoms with Crippen molar-refractivity contribution in [2.45, 2.75) is 18.5 Å². The van der Waals surface area contributed by atoms with Crippen LogP contribution in [0.15, 0.2) is 0 Å². The minimum absolute atomic E-state index is 0.153. The average molecular weight is 219 g/mol. The maximum Gasteiger partial charge on any atom is 0.330 e. The number of aliphatic hydroxyl groups is 1. The zero-order valence-corrected chi connectivity index (χ0v) is 7.64. The molecular weight excluding hydrogens is 206 g/mol. The van der Waals surface area contributed by atoms with E-state index in [2.05, 4.69) is 10.1 Å². The van der Waals surface area contributed by atoms with Crippen molar-refractivity contribution >= 4 is 0 Å². The molecule has 3 nitrogen and oxygen atoms in total. The predicted octanol–water partition coefficient (Wildman–Crippen LogP) is 0.484. The maximum atomic E-state index is 12.2. The van der Waals surface area contributed by atoms with Gasteiger partial charge in [-0.2, -0.15) is 8.78 Å². The third-order valence-electron chi connectivity index (χ3n) is 1.36. The molecule has 1 atom stereocenters. The van der Waals surface area contributed by atoms with Crippen LogP contribution in [0.4, 0.5) is 17.6 Å². The summed E-state index contributed by atoms with van der Waals surface area (Å²) in [4.78, 5) is 0. The summed E-state index contributed by atoms with van der Waals surface area (Å²) in [6, 6.07) is 0. The van der Waals surface area contributed by atoms with Crippen LogP contribution in [0.5, 0.6) is 0 Å². The van der Waals surface area contributed by atoms with Crippen LogP contribution in [0, 0.1) is 0 Å². The Balaban J connectivity index is 3.62. The van der Waals surface area contributed by atoms with Crippen molar-refractivity contribution in [1.82, 2.24) is 5.32 Å². The van der Waals surface area contributed by atoms with Gasteiger partial charge in [0.05, 0.1) is 12.7 Å². The van der Waals surface area contributed by atoms with Crippen LogP contribution in [-0.4, -0.2) is 50.4 Å². The number of halogens is 4. The quantitative estimate of drug-likeness (QED) is 0.612. The zero-order valence-electron chi connectivity index (χ0n) is 7.64. The lowest BCUT2D eigenvalue weighted by atomic mass is 10.3. The van der Waals surface area contributed by atoms with Gasteiger partial charge in [0, 0.05) is 6.54 Å². The van der Waals surface area contributed by atoms with Crippen molar-refractivity contribution in [3.05, 3.63) is 0 Å². The highest BCUT2D eigenvalue weighted by Gasteiger charge is 2.41. The van der Waals surface area contributed by atoms with Gasteiger partial charge in [-0.1, -0.05) is 0 Å². The Hall–Kier alpha value is -0.400. The van der Waals surface area contributed by atoms with Gasteiger partial charge in [-0.05, 0) is 7.05 Å². The van der Waals surface area contributed by atoms with E-state index in [4.69, 9.17) is 5.11 Å². The topological polar surface area (TPSA) is 41.5 Å². The lowest BCUT2D eigenvalue weighted by Crippen LogP contribution is -2.35. The SMILES string of the molecule is CNCC(O)COCC(F)(F)C(F)F. The molecule has 0 aliphatic rings.